The smallest absolute Gasteiger partial charge is 0.246 e. The maximum atomic E-state index is 13.3. The summed E-state index contributed by atoms with van der Waals surface area (Å²) in [6.07, 6.45) is 10.5. The number of benzene rings is 1. The van der Waals surface area contributed by atoms with Crippen molar-refractivity contribution in [2.75, 3.05) is 26.9 Å². The van der Waals surface area contributed by atoms with E-state index in [9.17, 15) is 13.2 Å². The van der Waals surface area contributed by atoms with E-state index >= 15 is 0 Å². The number of aromatic nitrogens is 3. The molecule has 188 valence electrons. The van der Waals surface area contributed by atoms with Crippen molar-refractivity contribution in [3.63, 3.8) is 0 Å². The minimum Gasteiger partial charge on any atom is -0.328 e. The van der Waals surface area contributed by atoms with E-state index in [2.05, 4.69) is 4.98 Å². The highest BCUT2D eigenvalue weighted by Crippen LogP contribution is 2.42. The number of rotatable bonds is 7. The first-order valence-electron chi connectivity index (χ1n) is 12.1. The van der Waals surface area contributed by atoms with Crippen LogP contribution in [0.25, 0.3) is 22.4 Å². The minimum absolute atomic E-state index is 0.0162. The lowest BCUT2D eigenvalue weighted by molar-refractivity contribution is -0.130. The lowest BCUT2D eigenvalue weighted by atomic mass is 9.97. The van der Waals surface area contributed by atoms with Gasteiger partial charge in [-0.15, -0.1) is 0 Å². The number of likely N-dealkylation sites (N-methyl/N-ethyl adjacent to an activating group) is 1. The first-order valence-corrected chi connectivity index (χ1v) is 14.0. The largest absolute Gasteiger partial charge is 0.328 e. The number of carbonyl (C=O) groups is 1. The van der Waals surface area contributed by atoms with Crippen LogP contribution in [0.3, 0.4) is 0 Å². The third-order valence-electron chi connectivity index (χ3n) is 6.82. The molecule has 1 fully saturated rings. The second-order valence-electron chi connectivity index (χ2n) is 9.92. The van der Waals surface area contributed by atoms with Gasteiger partial charge in [0.1, 0.15) is 5.69 Å². The molecule has 1 amide bonds. The van der Waals surface area contributed by atoms with Gasteiger partial charge in [0.2, 0.25) is 5.91 Å². The van der Waals surface area contributed by atoms with Crippen LogP contribution in [0, 0.1) is 5.92 Å². The second-order valence-corrected chi connectivity index (χ2v) is 11.9. The van der Waals surface area contributed by atoms with Crippen molar-refractivity contribution in [3.8, 4) is 22.4 Å². The van der Waals surface area contributed by atoms with Crippen LogP contribution in [-0.2, 0) is 27.7 Å². The molecule has 1 aromatic carbocycles. The summed E-state index contributed by atoms with van der Waals surface area (Å²) >= 11 is 0. The summed E-state index contributed by atoms with van der Waals surface area (Å²) in [7, 11) is 0.581. The SMILES string of the molecule is CN(C)C/C=C/C(=O)N1Cc2c(-c3ccncc3)c(-c3cccc(S(C)(=O)=O)c3)nn2C[C@@H]1C1CC1. The molecule has 1 aliphatic heterocycles. The Morgan fingerprint density at radius 2 is 1.89 bits per heavy atom. The molecule has 9 heteroatoms. The van der Waals surface area contributed by atoms with Gasteiger partial charge in [-0.05, 0) is 62.7 Å². The van der Waals surface area contributed by atoms with Gasteiger partial charge in [-0.2, -0.15) is 5.10 Å². The summed E-state index contributed by atoms with van der Waals surface area (Å²) in [5.74, 6) is 0.498. The quantitative estimate of drug-likeness (QED) is 0.458. The molecule has 0 bridgehead atoms. The summed E-state index contributed by atoms with van der Waals surface area (Å²) in [6, 6.07) is 10.9. The topological polar surface area (TPSA) is 88.4 Å². The van der Waals surface area contributed by atoms with Crippen molar-refractivity contribution in [2.24, 2.45) is 5.92 Å². The molecule has 36 heavy (non-hydrogen) atoms. The van der Waals surface area contributed by atoms with Gasteiger partial charge >= 0.3 is 0 Å². The van der Waals surface area contributed by atoms with E-state index in [1.807, 2.05) is 52.9 Å². The average molecular weight is 506 g/mol. The molecule has 2 aliphatic rings. The summed E-state index contributed by atoms with van der Waals surface area (Å²) in [4.78, 5) is 21.8. The predicted molar refractivity (Wildman–Crippen MR) is 139 cm³/mol. The Morgan fingerprint density at radius 1 is 1.14 bits per heavy atom. The normalized spacial score (nSPS) is 18.1. The molecule has 5 rings (SSSR count). The highest BCUT2D eigenvalue weighted by Gasteiger charge is 2.41. The number of carbonyl (C=O) groups excluding carboxylic acids is 1. The molecule has 0 radical (unpaired) electrons. The second kappa shape index (κ2) is 9.63. The Morgan fingerprint density at radius 3 is 2.56 bits per heavy atom. The zero-order chi connectivity index (χ0) is 25.4. The Kier molecular flexibility index (Phi) is 6.53. The molecular formula is C27H31N5O3S. The van der Waals surface area contributed by atoms with Crippen molar-refractivity contribution in [1.29, 1.82) is 0 Å². The van der Waals surface area contributed by atoms with Crippen LogP contribution in [0.1, 0.15) is 18.5 Å². The van der Waals surface area contributed by atoms with Crippen molar-refractivity contribution in [1.82, 2.24) is 24.6 Å². The molecule has 2 aromatic heterocycles. The van der Waals surface area contributed by atoms with E-state index in [0.29, 0.717) is 31.2 Å². The van der Waals surface area contributed by atoms with Crippen molar-refractivity contribution < 1.29 is 13.2 Å². The third-order valence-corrected chi connectivity index (χ3v) is 7.93. The van der Waals surface area contributed by atoms with E-state index in [4.69, 9.17) is 5.10 Å². The van der Waals surface area contributed by atoms with Crippen LogP contribution >= 0.6 is 0 Å². The highest BCUT2D eigenvalue weighted by molar-refractivity contribution is 7.90. The average Bonchev–Trinajstić information content (AvgIpc) is 3.63. The number of amides is 1. The number of pyridine rings is 1. The molecule has 1 aliphatic carbocycles. The standard InChI is InChI=1S/C27H31N5O3S/c1-30(2)15-5-8-25(33)31-17-24-26(20-11-13-28-14-12-20)27(29-32(24)18-23(31)19-9-10-19)21-6-4-7-22(16-21)36(3,34)35/h4-8,11-14,16,19,23H,9-10,15,17-18H2,1-3H3/b8-5+/t23-/m1/s1. The molecule has 0 unspecified atom stereocenters. The lowest BCUT2D eigenvalue weighted by Crippen LogP contribution is -2.47. The maximum absolute atomic E-state index is 13.3. The first-order chi connectivity index (χ1) is 17.2. The van der Waals surface area contributed by atoms with Crippen LogP contribution in [0.4, 0.5) is 0 Å². The zero-order valence-electron chi connectivity index (χ0n) is 20.8. The zero-order valence-corrected chi connectivity index (χ0v) is 21.6. The van der Waals surface area contributed by atoms with Gasteiger partial charge in [-0.3, -0.25) is 14.5 Å². The third kappa shape index (κ3) is 4.99. The van der Waals surface area contributed by atoms with Crippen LogP contribution in [0.15, 0.2) is 65.8 Å². The summed E-state index contributed by atoms with van der Waals surface area (Å²) in [5, 5.41) is 5.00. The van der Waals surface area contributed by atoms with E-state index in [0.717, 1.165) is 35.2 Å². The fourth-order valence-corrected chi connectivity index (χ4v) is 5.51. The first kappa shape index (κ1) is 24.4. The molecule has 3 heterocycles. The number of nitrogens with zero attached hydrogens (tertiary/aromatic N) is 5. The minimum atomic E-state index is -3.37. The summed E-state index contributed by atoms with van der Waals surface area (Å²) < 4.78 is 26.5. The number of hydrogen-bond donors (Lipinski definition) is 0. The summed E-state index contributed by atoms with van der Waals surface area (Å²) in [5.41, 5.74) is 4.25. The van der Waals surface area contributed by atoms with Crippen LogP contribution in [0.2, 0.25) is 0 Å². The van der Waals surface area contributed by atoms with E-state index in [1.54, 1.807) is 36.7 Å². The summed E-state index contributed by atoms with van der Waals surface area (Å²) in [6.45, 7) is 1.77. The molecule has 0 spiro atoms. The number of fused-ring (bicyclic) bond motifs is 1. The molecule has 3 aromatic rings. The predicted octanol–water partition coefficient (Wildman–Crippen LogP) is 3.25. The fourth-order valence-electron chi connectivity index (χ4n) is 4.85. The molecule has 0 N–H and O–H groups in total. The lowest BCUT2D eigenvalue weighted by Gasteiger charge is -2.36. The van der Waals surface area contributed by atoms with Gasteiger partial charge < -0.3 is 9.80 Å². The molecule has 0 saturated heterocycles. The van der Waals surface area contributed by atoms with Crippen molar-refractivity contribution in [2.45, 2.75) is 36.9 Å². The van der Waals surface area contributed by atoms with Crippen molar-refractivity contribution in [3.05, 3.63) is 66.6 Å². The van der Waals surface area contributed by atoms with Gasteiger partial charge in [-0.1, -0.05) is 18.2 Å². The van der Waals surface area contributed by atoms with Gasteiger partial charge in [-0.25, -0.2) is 8.42 Å². The van der Waals surface area contributed by atoms with Crippen LogP contribution in [0.5, 0.6) is 0 Å². The highest BCUT2D eigenvalue weighted by atomic mass is 32.2. The Balaban J connectivity index is 1.61. The molecule has 1 atom stereocenters. The van der Waals surface area contributed by atoms with Gasteiger partial charge in [0.25, 0.3) is 0 Å². The molecule has 8 nitrogen and oxygen atoms in total. The Bertz CT molecular complexity index is 1410. The van der Waals surface area contributed by atoms with Gasteiger partial charge in [0.15, 0.2) is 9.84 Å². The van der Waals surface area contributed by atoms with Gasteiger partial charge in [0.05, 0.1) is 29.7 Å². The number of sulfone groups is 1. The van der Waals surface area contributed by atoms with Crippen LogP contribution < -0.4 is 0 Å². The van der Waals surface area contributed by atoms with E-state index in [-0.39, 0.29) is 16.8 Å². The fraction of sp³-hybridized carbons (Fsp3) is 0.370. The van der Waals surface area contributed by atoms with E-state index < -0.39 is 9.84 Å². The monoisotopic (exact) mass is 505 g/mol. The van der Waals surface area contributed by atoms with Crippen molar-refractivity contribution >= 4 is 15.7 Å². The Labute approximate surface area is 212 Å². The Hall–Kier alpha value is -3.30. The number of hydrogen-bond acceptors (Lipinski definition) is 6. The van der Waals surface area contributed by atoms with Gasteiger partial charge in [0, 0.05) is 42.4 Å². The van der Waals surface area contributed by atoms with E-state index in [1.165, 1.54) is 6.26 Å². The molecule has 1 saturated carbocycles. The van der Waals surface area contributed by atoms with Crippen LogP contribution in [-0.4, -0.2) is 71.8 Å². The maximum Gasteiger partial charge on any atom is 0.246 e. The molecular weight excluding hydrogens is 474 g/mol.